The van der Waals surface area contributed by atoms with Crippen LogP contribution in [0.4, 0.5) is 0 Å². The Morgan fingerprint density at radius 2 is 1.83 bits per heavy atom. The number of amides is 2. The van der Waals surface area contributed by atoms with Crippen LogP contribution in [0.25, 0.3) is 0 Å². The largest absolute Gasteiger partial charge is 0.493 e. The summed E-state index contributed by atoms with van der Waals surface area (Å²) in [7, 11) is 3.20. The van der Waals surface area contributed by atoms with Crippen molar-refractivity contribution in [1.29, 1.82) is 0 Å². The first-order chi connectivity index (χ1) is 17.0. The molecule has 1 aliphatic carbocycles. The standard InChI is InChI=1S/C27H29BrN2O5/c1-33-24-11-8-19(15-25(24)34-2)12-13-29(17-23-7-4-14-35-23)26(31)18-30(22-9-10-22)27(32)20-5-3-6-21(28)16-20/h3-8,11,14-16,22H,9-10,12-13,17-18H2,1-2H3. The van der Waals surface area contributed by atoms with Crippen LogP contribution in [0.1, 0.15) is 34.5 Å². The molecule has 0 atom stereocenters. The molecule has 8 heteroatoms. The molecule has 2 aromatic carbocycles. The van der Waals surface area contributed by atoms with Crippen LogP contribution < -0.4 is 9.47 Å². The van der Waals surface area contributed by atoms with Crippen molar-refractivity contribution < 1.29 is 23.5 Å². The first-order valence-corrected chi connectivity index (χ1v) is 12.4. The molecule has 2 amide bonds. The van der Waals surface area contributed by atoms with E-state index in [4.69, 9.17) is 13.9 Å². The monoisotopic (exact) mass is 540 g/mol. The molecule has 0 saturated heterocycles. The minimum Gasteiger partial charge on any atom is -0.493 e. The fourth-order valence-corrected chi connectivity index (χ4v) is 4.37. The fraction of sp³-hybridized carbons (Fsp3) is 0.333. The minimum absolute atomic E-state index is 0.0304. The predicted octanol–water partition coefficient (Wildman–Crippen LogP) is 4.94. The van der Waals surface area contributed by atoms with E-state index in [2.05, 4.69) is 15.9 Å². The summed E-state index contributed by atoms with van der Waals surface area (Å²) < 4.78 is 17.1. The van der Waals surface area contributed by atoms with Gasteiger partial charge in [-0.15, -0.1) is 0 Å². The molecular weight excluding hydrogens is 512 g/mol. The van der Waals surface area contributed by atoms with Crippen LogP contribution in [0, 0.1) is 0 Å². The summed E-state index contributed by atoms with van der Waals surface area (Å²) in [6, 6.07) is 16.8. The zero-order valence-corrected chi connectivity index (χ0v) is 21.5. The summed E-state index contributed by atoms with van der Waals surface area (Å²) in [6.07, 6.45) is 4.04. The van der Waals surface area contributed by atoms with Crippen LogP contribution in [0.3, 0.4) is 0 Å². The Balaban J connectivity index is 1.49. The van der Waals surface area contributed by atoms with E-state index in [1.807, 2.05) is 36.4 Å². The van der Waals surface area contributed by atoms with Gasteiger partial charge in [-0.1, -0.05) is 28.1 Å². The van der Waals surface area contributed by atoms with Crippen molar-refractivity contribution in [2.24, 2.45) is 0 Å². The second-order valence-electron chi connectivity index (χ2n) is 8.51. The number of ether oxygens (including phenoxy) is 2. The summed E-state index contributed by atoms with van der Waals surface area (Å²) >= 11 is 3.43. The van der Waals surface area contributed by atoms with Crippen LogP contribution in [-0.2, 0) is 17.8 Å². The number of hydrogen-bond acceptors (Lipinski definition) is 5. The molecule has 1 heterocycles. The van der Waals surface area contributed by atoms with Crippen molar-refractivity contribution in [2.45, 2.75) is 31.8 Å². The van der Waals surface area contributed by atoms with Crippen molar-refractivity contribution in [1.82, 2.24) is 9.80 Å². The molecule has 0 radical (unpaired) electrons. The quantitative estimate of drug-likeness (QED) is 0.344. The number of methoxy groups -OCH3 is 2. The maximum absolute atomic E-state index is 13.5. The highest BCUT2D eigenvalue weighted by Gasteiger charge is 2.35. The molecule has 0 N–H and O–H groups in total. The van der Waals surface area contributed by atoms with Crippen LogP contribution in [0.5, 0.6) is 11.5 Å². The van der Waals surface area contributed by atoms with Gasteiger partial charge >= 0.3 is 0 Å². The van der Waals surface area contributed by atoms with Gasteiger partial charge in [0.1, 0.15) is 12.3 Å². The Morgan fingerprint density at radius 3 is 2.49 bits per heavy atom. The molecule has 7 nitrogen and oxygen atoms in total. The van der Waals surface area contributed by atoms with E-state index in [0.29, 0.717) is 42.3 Å². The second-order valence-corrected chi connectivity index (χ2v) is 9.42. The van der Waals surface area contributed by atoms with Gasteiger partial charge in [0, 0.05) is 22.6 Å². The van der Waals surface area contributed by atoms with Crippen molar-refractivity contribution >= 4 is 27.7 Å². The fourth-order valence-electron chi connectivity index (χ4n) is 3.97. The van der Waals surface area contributed by atoms with E-state index >= 15 is 0 Å². The third-order valence-corrected chi connectivity index (χ3v) is 6.52. The van der Waals surface area contributed by atoms with Gasteiger partial charge in [0.05, 0.1) is 27.0 Å². The molecule has 1 fully saturated rings. The number of carbonyl (C=O) groups excluding carboxylic acids is 2. The lowest BCUT2D eigenvalue weighted by Crippen LogP contribution is -2.44. The van der Waals surface area contributed by atoms with Gasteiger partial charge in [-0.05, 0) is 67.3 Å². The first-order valence-electron chi connectivity index (χ1n) is 11.6. The molecule has 3 aromatic rings. The van der Waals surface area contributed by atoms with Crippen LogP contribution >= 0.6 is 15.9 Å². The zero-order valence-electron chi connectivity index (χ0n) is 19.9. The molecule has 1 aromatic heterocycles. The van der Waals surface area contributed by atoms with E-state index in [1.54, 1.807) is 48.5 Å². The Morgan fingerprint density at radius 1 is 1.03 bits per heavy atom. The summed E-state index contributed by atoms with van der Waals surface area (Å²) in [5, 5.41) is 0. The van der Waals surface area contributed by atoms with Gasteiger partial charge in [0.25, 0.3) is 5.91 Å². The molecule has 0 bridgehead atoms. The predicted molar refractivity (Wildman–Crippen MR) is 136 cm³/mol. The summed E-state index contributed by atoms with van der Waals surface area (Å²) in [5.41, 5.74) is 1.59. The SMILES string of the molecule is COc1ccc(CCN(Cc2ccco2)C(=O)CN(C(=O)c2cccc(Br)c2)C2CC2)cc1OC. The topological polar surface area (TPSA) is 72.2 Å². The van der Waals surface area contributed by atoms with E-state index in [9.17, 15) is 9.59 Å². The van der Waals surface area contributed by atoms with Crippen molar-refractivity contribution in [2.75, 3.05) is 27.3 Å². The average molecular weight is 541 g/mol. The first kappa shape index (κ1) is 24.9. The normalized spacial score (nSPS) is 12.8. The van der Waals surface area contributed by atoms with E-state index in [-0.39, 0.29) is 24.4 Å². The highest BCUT2D eigenvalue weighted by molar-refractivity contribution is 9.10. The molecule has 0 spiro atoms. The molecule has 184 valence electrons. The van der Waals surface area contributed by atoms with Crippen LogP contribution in [-0.4, -0.2) is 55.0 Å². The number of nitrogens with zero attached hydrogens (tertiary/aromatic N) is 2. The molecule has 35 heavy (non-hydrogen) atoms. The molecule has 1 saturated carbocycles. The molecule has 0 aliphatic heterocycles. The van der Waals surface area contributed by atoms with Crippen molar-refractivity contribution in [3.63, 3.8) is 0 Å². The van der Waals surface area contributed by atoms with Gasteiger partial charge in [-0.25, -0.2) is 0 Å². The zero-order chi connectivity index (χ0) is 24.8. The number of hydrogen-bond donors (Lipinski definition) is 0. The molecular formula is C27H29BrN2O5. The average Bonchev–Trinajstić information content (AvgIpc) is 3.59. The third kappa shape index (κ3) is 6.45. The van der Waals surface area contributed by atoms with E-state index in [1.165, 1.54) is 0 Å². The maximum Gasteiger partial charge on any atom is 0.254 e. The maximum atomic E-state index is 13.5. The van der Waals surface area contributed by atoms with Crippen molar-refractivity contribution in [3.05, 3.63) is 82.2 Å². The summed E-state index contributed by atoms with van der Waals surface area (Å²) in [5.74, 6) is 1.76. The Labute approximate surface area is 213 Å². The van der Waals surface area contributed by atoms with Gasteiger partial charge in [-0.3, -0.25) is 9.59 Å². The van der Waals surface area contributed by atoms with Gasteiger partial charge in [-0.2, -0.15) is 0 Å². The Kier molecular flexibility index (Phi) is 8.13. The number of rotatable bonds is 11. The number of carbonyl (C=O) groups is 2. The third-order valence-electron chi connectivity index (χ3n) is 6.02. The van der Waals surface area contributed by atoms with Crippen LogP contribution in [0.15, 0.2) is 69.8 Å². The van der Waals surface area contributed by atoms with E-state index in [0.717, 1.165) is 22.9 Å². The lowest BCUT2D eigenvalue weighted by molar-refractivity contribution is -0.132. The lowest BCUT2D eigenvalue weighted by atomic mass is 10.1. The number of furan rings is 1. The van der Waals surface area contributed by atoms with E-state index < -0.39 is 0 Å². The highest BCUT2D eigenvalue weighted by Crippen LogP contribution is 2.30. The van der Waals surface area contributed by atoms with Crippen molar-refractivity contribution in [3.8, 4) is 11.5 Å². The summed E-state index contributed by atoms with van der Waals surface area (Å²) in [6.45, 7) is 0.837. The van der Waals surface area contributed by atoms with Gasteiger partial charge < -0.3 is 23.7 Å². The Hall–Kier alpha value is -3.26. The molecule has 0 unspecified atom stereocenters. The van der Waals surface area contributed by atoms with Gasteiger partial charge in [0.15, 0.2) is 11.5 Å². The highest BCUT2D eigenvalue weighted by atomic mass is 79.9. The van der Waals surface area contributed by atoms with Crippen LogP contribution in [0.2, 0.25) is 0 Å². The Bertz CT molecular complexity index is 1160. The minimum atomic E-state index is -0.125. The smallest absolute Gasteiger partial charge is 0.254 e. The number of benzene rings is 2. The second kappa shape index (κ2) is 11.4. The lowest BCUT2D eigenvalue weighted by Gasteiger charge is -2.27. The van der Waals surface area contributed by atoms with Gasteiger partial charge in [0.2, 0.25) is 5.91 Å². The number of halogens is 1. The summed E-state index contributed by atoms with van der Waals surface area (Å²) in [4.78, 5) is 30.2. The molecule has 1 aliphatic rings. The molecule has 4 rings (SSSR count).